The summed E-state index contributed by atoms with van der Waals surface area (Å²) in [6.45, 7) is 2.82. The van der Waals surface area contributed by atoms with Gasteiger partial charge in [-0.2, -0.15) is 0 Å². The molecule has 2 N–H and O–H groups in total. The van der Waals surface area contributed by atoms with E-state index in [0.29, 0.717) is 0 Å². The van der Waals surface area contributed by atoms with Crippen molar-refractivity contribution in [2.45, 2.75) is 6.04 Å². The van der Waals surface area contributed by atoms with Crippen molar-refractivity contribution in [2.24, 2.45) is 0 Å². The van der Waals surface area contributed by atoms with E-state index in [1.807, 2.05) is 12.1 Å². The van der Waals surface area contributed by atoms with Crippen LogP contribution in [0.15, 0.2) is 18.3 Å². The van der Waals surface area contributed by atoms with Gasteiger partial charge in [0.05, 0.1) is 6.61 Å². The Morgan fingerprint density at radius 1 is 1.71 bits per heavy atom. The summed E-state index contributed by atoms with van der Waals surface area (Å²) in [6, 6.07) is 6.86. The third-order valence-corrected chi connectivity index (χ3v) is 2.40. The average molecular weight is 192 g/mol. The number of aliphatic hydroxyl groups excluding tert-OH is 1. The number of hydrogen-bond acceptors (Lipinski definition) is 4. The van der Waals surface area contributed by atoms with Crippen LogP contribution >= 0.6 is 0 Å². The van der Waals surface area contributed by atoms with Gasteiger partial charge in [-0.3, -0.25) is 0 Å². The Morgan fingerprint density at radius 3 is 3.36 bits per heavy atom. The van der Waals surface area contributed by atoms with E-state index >= 15 is 0 Å². The van der Waals surface area contributed by atoms with Gasteiger partial charge in [-0.1, -0.05) is 0 Å². The standard InChI is InChI=1S/C10H14N3O/c14-8-9-7-13(6-5-11-9)10-3-1-2-4-12-10/h1,3-4,9,11,14H,5-8H2/t9-/m0/s1. The monoisotopic (exact) mass is 192 g/mol. The highest BCUT2D eigenvalue weighted by atomic mass is 16.3. The van der Waals surface area contributed by atoms with Crippen LogP contribution in [-0.4, -0.2) is 42.4 Å². The van der Waals surface area contributed by atoms with E-state index in [1.165, 1.54) is 0 Å². The van der Waals surface area contributed by atoms with Gasteiger partial charge in [-0.15, -0.1) is 0 Å². The molecule has 1 atom stereocenters. The van der Waals surface area contributed by atoms with Crippen LogP contribution < -0.4 is 10.2 Å². The summed E-state index contributed by atoms with van der Waals surface area (Å²) in [5.41, 5.74) is 0. The predicted molar refractivity (Wildman–Crippen MR) is 54.2 cm³/mol. The lowest BCUT2D eigenvalue weighted by atomic mass is 10.2. The van der Waals surface area contributed by atoms with E-state index in [4.69, 9.17) is 5.11 Å². The molecular formula is C10H14N3O. The average Bonchev–Trinajstić information content (AvgIpc) is 2.30. The summed E-state index contributed by atoms with van der Waals surface area (Å²) in [4.78, 5) is 6.40. The second-order valence-corrected chi connectivity index (χ2v) is 3.40. The summed E-state index contributed by atoms with van der Waals surface area (Å²) in [5.74, 6) is 0.962. The predicted octanol–water partition coefficient (Wildman–Crippen LogP) is -0.348. The zero-order valence-corrected chi connectivity index (χ0v) is 7.98. The first-order chi connectivity index (χ1) is 6.90. The SMILES string of the molecule is OC[C@@H]1CN(c2cc[c]cn2)CCN1. The molecule has 0 bridgehead atoms. The Labute approximate surface area is 83.6 Å². The van der Waals surface area contributed by atoms with Crippen molar-refractivity contribution in [3.8, 4) is 0 Å². The van der Waals surface area contributed by atoms with Gasteiger partial charge < -0.3 is 15.3 Å². The summed E-state index contributed by atoms with van der Waals surface area (Å²) < 4.78 is 0. The lowest BCUT2D eigenvalue weighted by molar-refractivity contribution is 0.235. The van der Waals surface area contributed by atoms with Crippen molar-refractivity contribution in [1.29, 1.82) is 0 Å². The number of hydrogen-bond donors (Lipinski definition) is 2. The molecule has 0 aromatic carbocycles. The van der Waals surface area contributed by atoms with Crippen LogP contribution in [0.2, 0.25) is 0 Å². The molecule has 1 aliphatic rings. The largest absolute Gasteiger partial charge is 0.395 e. The van der Waals surface area contributed by atoms with Crippen LogP contribution in [0.3, 0.4) is 0 Å². The van der Waals surface area contributed by atoms with Gasteiger partial charge in [0.15, 0.2) is 0 Å². The summed E-state index contributed by atoms with van der Waals surface area (Å²) >= 11 is 0. The molecule has 0 saturated carbocycles. The molecule has 0 spiro atoms. The molecule has 1 aliphatic heterocycles. The van der Waals surface area contributed by atoms with Gasteiger partial charge in [0.1, 0.15) is 5.82 Å². The summed E-state index contributed by atoms with van der Waals surface area (Å²) in [5, 5.41) is 12.3. The molecule has 1 radical (unpaired) electrons. The lowest BCUT2D eigenvalue weighted by Gasteiger charge is -2.33. The Bertz CT molecular complexity index is 278. The minimum absolute atomic E-state index is 0.162. The first-order valence-electron chi connectivity index (χ1n) is 4.81. The van der Waals surface area contributed by atoms with Crippen molar-refractivity contribution in [3.63, 3.8) is 0 Å². The van der Waals surface area contributed by atoms with E-state index in [1.54, 1.807) is 6.20 Å². The molecule has 1 aromatic rings. The summed E-state index contributed by atoms with van der Waals surface area (Å²) in [6.07, 6.45) is 1.67. The molecule has 0 amide bonds. The van der Waals surface area contributed by atoms with E-state index < -0.39 is 0 Å². The molecule has 0 aliphatic carbocycles. The van der Waals surface area contributed by atoms with E-state index in [2.05, 4.69) is 21.3 Å². The third kappa shape index (κ3) is 2.02. The number of aliphatic hydroxyl groups is 1. The maximum atomic E-state index is 9.04. The van der Waals surface area contributed by atoms with Crippen molar-refractivity contribution < 1.29 is 5.11 Å². The van der Waals surface area contributed by atoms with Crippen LogP contribution in [0.5, 0.6) is 0 Å². The smallest absolute Gasteiger partial charge is 0.128 e. The van der Waals surface area contributed by atoms with Gasteiger partial charge in [-0.25, -0.2) is 4.98 Å². The number of nitrogens with one attached hydrogen (secondary N) is 1. The maximum absolute atomic E-state index is 9.04. The highest BCUT2D eigenvalue weighted by Gasteiger charge is 2.18. The third-order valence-electron chi connectivity index (χ3n) is 2.40. The van der Waals surface area contributed by atoms with E-state index in [9.17, 15) is 0 Å². The topological polar surface area (TPSA) is 48.4 Å². The molecule has 1 saturated heterocycles. The van der Waals surface area contributed by atoms with Gasteiger partial charge >= 0.3 is 0 Å². The van der Waals surface area contributed by atoms with E-state index in [0.717, 1.165) is 25.5 Å². The van der Waals surface area contributed by atoms with Crippen molar-refractivity contribution in [2.75, 3.05) is 31.1 Å². The fourth-order valence-corrected chi connectivity index (χ4v) is 1.66. The minimum Gasteiger partial charge on any atom is -0.395 e. The highest BCUT2D eigenvalue weighted by Crippen LogP contribution is 2.11. The van der Waals surface area contributed by atoms with Crippen molar-refractivity contribution in [3.05, 3.63) is 24.4 Å². The molecule has 1 aromatic heterocycles. The van der Waals surface area contributed by atoms with Crippen molar-refractivity contribution in [1.82, 2.24) is 10.3 Å². The number of anilines is 1. The van der Waals surface area contributed by atoms with Gasteiger partial charge in [0, 0.05) is 37.9 Å². The highest BCUT2D eigenvalue weighted by molar-refractivity contribution is 5.38. The van der Waals surface area contributed by atoms with Crippen LogP contribution in [0.4, 0.5) is 5.82 Å². The number of piperazine rings is 1. The Hall–Kier alpha value is -1.13. The zero-order valence-electron chi connectivity index (χ0n) is 7.98. The molecule has 1 fully saturated rings. The number of aromatic nitrogens is 1. The second kappa shape index (κ2) is 4.39. The number of rotatable bonds is 2. The number of nitrogens with zero attached hydrogens (tertiary/aromatic N) is 2. The second-order valence-electron chi connectivity index (χ2n) is 3.40. The molecule has 4 heteroatoms. The zero-order chi connectivity index (χ0) is 9.80. The first-order valence-corrected chi connectivity index (χ1v) is 4.81. The molecule has 0 unspecified atom stereocenters. The molecular weight excluding hydrogens is 178 g/mol. The van der Waals surface area contributed by atoms with Crippen LogP contribution in [0.25, 0.3) is 0 Å². The maximum Gasteiger partial charge on any atom is 0.128 e. The van der Waals surface area contributed by atoms with Gasteiger partial charge in [-0.05, 0) is 12.1 Å². The normalized spacial score (nSPS) is 22.4. The Morgan fingerprint density at radius 2 is 2.64 bits per heavy atom. The van der Waals surface area contributed by atoms with Crippen LogP contribution in [0.1, 0.15) is 0 Å². The number of pyridine rings is 1. The minimum atomic E-state index is 0.162. The Balaban J connectivity index is 2.04. The summed E-state index contributed by atoms with van der Waals surface area (Å²) in [7, 11) is 0. The first kappa shape index (κ1) is 9.43. The molecule has 14 heavy (non-hydrogen) atoms. The fraction of sp³-hybridized carbons (Fsp3) is 0.500. The molecule has 2 rings (SSSR count). The Kier molecular flexibility index (Phi) is 2.96. The molecule has 2 heterocycles. The van der Waals surface area contributed by atoms with Crippen LogP contribution in [0, 0.1) is 6.07 Å². The van der Waals surface area contributed by atoms with Crippen LogP contribution in [-0.2, 0) is 0 Å². The van der Waals surface area contributed by atoms with Crippen molar-refractivity contribution >= 4 is 5.82 Å². The quantitative estimate of drug-likeness (QED) is 0.672. The molecule has 4 nitrogen and oxygen atoms in total. The lowest BCUT2D eigenvalue weighted by Crippen LogP contribution is -2.52. The van der Waals surface area contributed by atoms with Gasteiger partial charge in [0.2, 0.25) is 0 Å². The van der Waals surface area contributed by atoms with Gasteiger partial charge in [0.25, 0.3) is 0 Å². The van der Waals surface area contributed by atoms with E-state index in [-0.39, 0.29) is 12.6 Å². The molecule has 75 valence electrons. The fourth-order valence-electron chi connectivity index (χ4n) is 1.66.